The molecule has 82 heavy (non-hydrogen) atoms. The van der Waals surface area contributed by atoms with Gasteiger partial charge in [-0.25, -0.2) is 32.9 Å². The standard InChI is InChI=1S/C46H56N4O10.C13H12F2N6O/c1-7-42(55)22-28-23-45(40(53)58-5,36-30(14-18-48(24-28)25-42)29-12-9-10-13-33(29)47-36)32-20-31-34(21-35(32)57-4)50(26-51)38-44(31)16-19-49-17-11-15-43(8-2,37(44)49)39(60-27(3)52)46(38,56)41(54)59-6;14-10-1-2-11(12(15)3-10)13(22,4-20-8-16-6-18-20)5-21-9-17-7-19-21/h9-13,15,20-21,26,28,37-39,47,55-56H,7-8,14,16-19,22-25H2,1-6H3;1-3,6-9,22H,4-5H2/t28-,37+,38-,39-,42+,43-,44-,45+,46+;/m1./s1. The zero-order valence-electron chi connectivity index (χ0n) is 46.6. The van der Waals surface area contributed by atoms with Crippen molar-refractivity contribution in [1.29, 1.82) is 0 Å². The van der Waals surface area contributed by atoms with E-state index < -0.39 is 80.8 Å². The predicted molar refractivity (Wildman–Crippen MR) is 291 cm³/mol. The van der Waals surface area contributed by atoms with Crippen LogP contribution in [0.4, 0.5) is 14.5 Å². The van der Waals surface area contributed by atoms with Gasteiger partial charge in [0.25, 0.3) is 0 Å². The van der Waals surface area contributed by atoms with Crippen molar-refractivity contribution in [2.45, 2.75) is 118 Å². The van der Waals surface area contributed by atoms with E-state index in [1.165, 1.54) is 73.9 Å². The van der Waals surface area contributed by atoms with Crippen molar-refractivity contribution in [3.8, 4) is 5.75 Å². The number of H-pyrrole nitrogens is 1. The molecular weight excluding hydrogens is 1060 g/mol. The van der Waals surface area contributed by atoms with Crippen LogP contribution in [0.1, 0.15) is 80.8 Å². The van der Waals surface area contributed by atoms with Crippen LogP contribution in [0.5, 0.6) is 5.75 Å². The number of ether oxygens (including phenoxy) is 4. The van der Waals surface area contributed by atoms with Crippen molar-refractivity contribution in [2.75, 3.05) is 59.0 Å². The minimum atomic E-state index is -2.53. The van der Waals surface area contributed by atoms with Crippen LogP contribution in [-0.4, -0.2) is 167 Å². The summed E-state index contributed by atoms with van der Waals surface area (Å²) in [6.45, 7) is 8.01. The summed E-state index contributed by atoms with van der Waals surface area (Å²) >= 11 is 0. The lowest BCUT2D eigenvalue weighted by Gasteiger charge is -2.63. The molecule has 2 saturated heterocycles. The minimum absolute atomic E-state index is 0.0556. The van der Waals surface area contributed by atoms with Crippen LogP contribution in [0.2, 0.25) is 0 Å². The summed E-state index contributed by atoms with van der Waals surface area (Å²) < 4.78 is 53.6. The van der Waals surface area contributed by atoms with Crippen LogP contribution in [0.3, 0.4) is 0 Å². The fourth-order valence-electron chi connectivity index (χ4n) is 15.6. The van der Waals surface area contributed by atoms with Crippen molar-refractivity contribution in [1.82, 2.24) is 44.3 Å². The number of aromatic amines is 1. The van der Waals surface area contributed by atoms with Gasteiger partial charge in [0.2, 0.25) is 12.0 Å². The summed E-state index contributed by atoms with van der Waals surface area (Å²) in [6.07, 6.45) is 11.2. The quantitative estimate of drug-likeness (QED) is 0.0546. The van der Waals surface area contributed by atoms with E-state index >= 15 is 4.79 Å². The van der Waals surface area contributed by atoms with Crippen LogP contribution in [0.15, 0.2) is 92.1 Å². The number of anilines is 1. The van der Waals surface area contributed by atoms with Gasteiger partial charge in [-0.3, -0.25) is 24.2 Å². The van der Waals surface area contributed by atoms with Gasteiger partial charge in [0, 0.05) is 89.8 Å². The number of hydrogen-bond donors (Lipinski definition) is 4. The Morgan fingerprint density at radius 3 is 2.23 bits per heavy atom. The molecule has 8 heterocycles. The van der Waals surface area contributed by atoms with Gasteiger partial charge in [-0.05, 0) is 80.3 Å². The molecule has 12 rings (SSSR count). The van der Waals surface area contributed by atoms with Crippen molar-refractivity contribution < 1.29 is 62.2 Å². The van der Waals surface area contributed by atoms with Crippen molar-refractivity contribution in [3.05, 3.63) is 132 Å². The molecule has 3 fully saturated rings. The Labute approximate surface area is 471 Å². The van der Waals surface area contributed by atoms with Crippen molar-refractivity contribution in [2.24, 2.45) is 11.3 Å². The molecule has 1 spiro atoms. The first kappa shape index (κ1) is 56.4. The topological polar surface area (TPSA) is 253 Å². The van der Waals surface area contributed by atoms with E-state index in [0.29, 0.717) is 99.5 Å². The maximum Gasteiger partial charge on any atom is 0.344 e. The second kappa shape index (κ2) is 21.1. The smallest absolute Gasteiger partial charge is 0.344 e. The first-order chi connectivity index (χ1) is 39.3. The number of hydrogen-bond acceptors (Lipinski definition) is 17. The molecule has 4 N–H and O–H groups in total. The summed E-state index contributed by atoms with van der Waals surface area (Å²) in [5.41, 5.74) is -4.90. The van der Waals surface area contributed by atoms with E-state index in [4.69, 9.17) is 18.9 Å². The Kier molecular flexibility index (Phi) is 14.5. The molecule has 1 amide bonds. The SMILES string of the molecule is CC[C@]1(O)C[C@H]2CN(CCc3c([nH]c4ccccc34)[C@@](C(=O)OC)(c3cc4c(cc3OC)N(C=O)[C@H]3[C@@](O)(C(=O)OC)[C@H](OC(C)=O)[C@]5(CC)C=CCN6CC[C@]43[C@@H]65)C2)C1.OC(Cn1cncn1)(Cn1cncn1)c1ccc(F)cc1F. The third-order valence-electron chi connectivity index (χ3n) is 18.7. The number of nitrogens with zero attached hydrogens (tertiary/aromatic N) is 9. The number of halogens is 2. The molecule has 3 aromatic carbocycles. The highest BCUT2D eigenvalue weighted by atomic mass is 19.1. The molecular formula is C59H68F2N10O11. The number of methoxy groups -OCH3 is 3. The third-order valence-corrected chi connectivity index (χ3v) is 18.7. The van der Waals surface area contributed by atoms with E-state index in [-0.39, 0.29) is 31.0 Å². The van der Waals surface area contributed by atoms with Gasteiger partial charge >= 0.3 is 17.9 Å². The highest BCUT2D eigenvalue weighted by molar-refractivity contribution is 5.96. The first-order valence-corrected chi connectivity index (χ1v) is 27.7. The molecule has 23 heteroatoms. The second-order valence-electron chi connectivity index (χ2n) is 22.9. The monoisotopic (exact) mass is 1130 g/mol. The zero-order chi connectivity index (χ0) is 58.1. The van der Waals surface area contributed by atoms with Crippen LogP contribution in [0.25, 0.3) is 10.9 Å². The largest absolute Gasteiger partial charge is 0.496 e. The van der Waals surface area contributed by atoms with Gasteiger partial charge in [0.05, 0.1) is 51.7 Å². The molecule has 434 valence electrons. The predicted octanol–water partition coefficient (Wildman–Crippen LogP) is 4.25. The van der Waals surface area contributed by atoms with Gasteiger partial charge in [-0.2, -0.15) is 10.2 Å². The van der Waals surface area contributed by atoms with Crippen LogP contribution in [-0.2, 0) is 69.3 Å². The molecule has 0 radical (unpaired) electrons. The lowest BCUT2D eigenvalue weighted by atomic mass is 9.47. The Bertz CT molecular complexity index is 3420. The molecule has 6 aliphatic rings. The normalized spacial score (nSPS) is 29.8. The molecule has 3 aromatic heterocycles. The summed E-state index contributed by atoms with van der Waals surface area (Å²) in [7, 11) is 4.09. The Morgan fingerprint density at radius 2 is 1.61 bits per heavy atom. The van der Waals surface area contributed by atoms with Gasteiger partial charge in [-0.15, -0.1) is 0 Å². The highest BCUT2D eigenvalue weighted by Crippen LogP contribution is 2.68. The van der Waals surface area contributed by atoms with Gasteiger partial charge in [0.15, 0.2) is 6.10 Å². The number of piperidine rings is 1. The molecule has 6 aromatic rings. The number of carbonyl (C=O) groups excluding carboxylic acids is 4. The number of aromatic nitrogens is 7. The minimum Gasteiger partial charge on any atom is -0.496 e. The molecule has 21 nitrogen and oxygen atoms in total. The molecule has 5 aliphatic heterocycles. The Balaban J connectivity index is 0.000000268. The number of esters is 3. The fourth-order valence-corrected chi connectivity index (χ4v) is 15.6. The zero-order valence-corrected chi connectivity index (χ0v) is 46.6. The van der Waals surface area contributed by atoms with Gasteiger partial charge < -0.3 is 44.2 Å². The average Bonchev–Trinajstić information content (AvgIpc) is 1.46. The number of nitrogens with one attached hydrogen (secondary N) is 1. The number of rotatable bonds is 13. The Morgan fingerprint density at radius 1 is 0.890 bits per heavy atom. The first-order valence-electron chi connectivity index (χ1n) is 27.7. The number of carbonyl (C=O) groups is 4. The summed E-state index contributed by atoms with van der Waals surface area (Å²) in [4.78, 5) is 73.7. The second-order valence-corrected chi connectivity index (χ2v) is 22.9. The number of fused-ring (bicyclic) bond motifs is 6. The molecule has 2 bridgehead atoms. The highest BCUT2D eigenvalue weighted by Gasteiger charge is 2.81. The summed E-state index contributed by atoms with van der Waals surface area (Å²) in [6, 6.07) is 13.0. The number of amides is 1. The number of para-hydroxylation sites is 1. The molecule has 10 atom stereocenters. The van der Waals surface area contributed by atoms with Crippen molar-refractivity contribution >= 4 is 40.9 Å². The summed E-state index contributed by atoms with van der Waals surface area (Å²) in [5, 5.41) is 45.0. The summed E-state index contributed by atoms with van der Waals surface area (Å²) in [5.74, 6) is -3.63. The average molecular weight is 1130 g/mol. The van der Waals surface area contributed by atoms with E-state index in [9.17, 15) is 38.5 Å². The Hall–Kier alpha value is -7.44. The fraction of sp³-hybridized carbons (Fsp3) is 0.492. The van der Waals surface area contributed by atoms with E-state index in [1.807, 2.05) is 50.3 Å². The lowest BCUT2D eigenvalue weighted by Crippen LogP contribution is -2.81. The lowest BCUT2D eigenvalue weighted by molar-refractivity contribution is -0.228. The van der Waals surface area contributed by atoms with Crippen LogP contribution >= 0.6 is 0 Å². The maximum absolute atomic E-state index is 15.3. The van der Waals surface area contributed by atoms with Gasteiger partial charge in [-0.1, -0.05) is 50.3 Å². The van der Waals surface area contributed by atoms with Crippen LogP contribution in [0, 0.1) is 23.0 Å². The van der Waals surface area contributed by atoms with Crippen molar-refractivity contribution in [3.63, 3.8) is 0 Å². The third kappa shape index (κ3) is 8.62. The van der Waals surface area contributed by atoms with E-state index in [1.54, 1.807) is 6.07 Å². The number of aliphatic hydroxyl groups is 3. The molecule has 1 aliphatic carbocycles. The van der Waals surface area contributed by atoms with E-state index in [0.717, 1.165) is 28.6 Å². The molecule has 1 saturated carbocycles. The molecule has 1 unspecified atom stereocenters. The van der Waals surface area contributed by atoms with E-state index in [2.05, 4.69) is 41.0 Å². The maximum atomic E-state index is 15.3. The van der Waals surface area contributed by atoms with Crippen LogP contribution < -0.4 is 9.64 Å². The number of benzene rings is 3. The van der Waals surface area contributed by atoms with Gasteiger partial charge in [0.1, 0.15) is 53.7 Å².